The molecule has 28 heavy (non-hydrogen) atoms. The summed E-state index contributed by atoms with van der Waals surface area (Å²) in [5.41, 5.74) is 1.92. The van der Waals surface area contributed by atoms with E-state index < -0.39 is 12.0 Å². The van der Waals surface area contributed by atoms with Gasteiger partial charge in [-0.05, 0) is 24.3 Å². The highest BCUT2D eigenvalue weighted by molar-refractivity contribution is 6.07. The Bertz CT molecular complexity index is 921. The number of ketones is 2. The van der Waals surface area contributed by atoms with E-state index in [0.29, 0.717) is 11.1 Å². The fourth-order valence-electron chi connectivity index (χ4n) is 3.08. The topological polar surface area (TPSA) is 55.4 Å². The number of nitrogens with one attached hydrogen (secondary N) is 1. The zero-order valence-electron chi connectivity index (χ0n) is 16.0. The van der Waals surface area contributed by atoms with Crippen molar-refractivity contribution in [3.63, 3.8) is 0 Å². The molecule has 3 aromatic carbocycles. The molecular formula is C24H23NO3. The molecule has 4 nitrogen and oxygen atoms in total. The van der Waals surface area contributed by atoms with Gasteiger partial charge in [0.1, 0.15) is 5.75 Å². The highest BCUT2D eigenvalue weighted by atomic mass is 16.5. The Hall–Kier alpha value is -3.40. The van der Waals surface area contributed by atoms with Crippen molar-refractivity contribution in [3.8, 4) is 5.75 Å². The maximum Gasteiger partial charge on any atom is 0.185 e. The molecule has 0 radical (unpaired) electrons. The summed E-state index contributed by atoms with van der Waals surface area (Å²) in [6.07, 6.45) is 0. The van der Waals surface area contributed by atoms with Crippen molar-refractivity contribution in [1.29, 1.82) is 0 Å². The fraction of sp³-hybridized carbons (Fsp3) is 0.167. The van der Waals surface area contributed by atoms with Crippen molar-refractivity contribution in [2.24, 2.45) is 5.92 Å². The number of ether oxygens (including phenoxy) is 1. The first-order valence-electron chi connectivity index (χ1n) is 9.19. The normalized spacial score (nSPS) is 12.6. The second kappa shape index (κ2) is 9.00. The van der Waals surface area contributed by atoms with Gasteiger partial charge >= 0.3 is 0 Å². The number of rotatable bonds is 8. The lowest BCUT2D eigenvalue weighted by molar-refractivity contribution is 0.0846. The summed E-state index contributed by atoms with van der Waals surface area (Å²) in [7, 11) is 1.60. The summed E-state index contributed by atoms with van der Waals surface area (Å²) in [4.78, 5) is 26.2. The third-order valence-corrected chi connectivity index (χ3v) is 4.72. The van der Waals surface area contributed by atoms with Gasteiger partial charge in [-0.3, -0.25) is 9.59 Å². The van der Waals surface area contributed by atoms with E-state index in [1.54, 1.807) is 38.3 Å². The maximum absolute atomic E-state index is 13.2. The highest BCUT2D eigenvalue weighted by Crippen LogP contribution is 2.22. The zero-order chi connectivity index (χ0) is 19.9. The van der Waals surface area contributed by atoms with Crippen LogP contribution in [0.3, 0.4) is 0 Å². The van der Waals surface area contributed by atoms with Crippen LogP contribution in [0.15, 0.2) is 84.9 Å². The molecule has 0 saturated heterocycles. The number of carbonyl (C=O) groups excluding carboxylic acids is 2. The minimum atomic E-state index is -0.691. The summed E-state index contributed by atoms with van der Waals surface area (Å²) in [6, 6.07) is 24.7. The van der Waals surface area contributed by atoms with Gasteiger partial charge in [-0.25, -0.2) is 0 Å². The first-order valence-corrected chi connectivity index (χ1v) is 9.19. The molecule has 3 aromatic rings. The standard InChI is InChI=1S/C24H23NO3/c1-17(23(26)18-9-5-3-6-10-18)22(24(27)19-11-7-4-8-12-19)25-20-13-15-21(28-2)16-14-20/h3-17,22,25H,1-2H3. The molecule has 0 aliphatic carbocycles. The minimum absolute atomic E-state index is 0.0732. The molecule has 4 heteroatoms. The van der Waals surface area contributed by atoms with Crippen molar-refractivity contribution in [1.82, 2.24) is 0 Å². The number of methoxy groups -OCH3 is 1. The van der Waals surface area contributed by atoms with Gasteiger partial charge in [0.15, 0.2) is 11.6 Å². The third-order valence-electron chi connectivity index (χ3n) is 4.72. The second-order valence-electron chi connectivity index (χ2n) is 6.60. The van der Waals surface area contributed by atoms with E-state index in [-0.39, 0.29) is 11.6 Å². The molecule has 0 aromatic heterocycles. The molecule has 0 amide bonds. The van der Waals surface area contributed by atoms with Crippen LogP contribution in [0.4, 0.5) is 5.69 Å². The van der Waals surface area contributed by atoms with Crippen molar-refractivity contribution in [2.75, 3.05) is 12.4 Å². The van der Waals surface area contributed by atoms with E-state index in [1.807, 2.05) is 60.7 Å². The Morgan fingerprint density at radius 1 is 0.750 bits per heavy atom. The van der Waals surface area contributed by atoms with Crippen LogP contribution in [0.2, 0.25) is 0 Å². The van der Waals surface area contributed by atoms with Gasteiger partial charge in [0.25, 0.3) is 0 Å². The van der Waals surface area contributed by atoms with Crippen LogP contribution in [0.1, 0.15) is 27.6 Å². The van der Waals surface area contributed by atoms with E-state index in [4.69, 9.17) is 4.74 Å². The first-order chi connectivity index (χ1) is 13.6. The van der Waals surface area contributed by atoms with Crippen LogP contribution >= 0.6 is 0 Å². The number of hydrogen-bond acceptors (Lipinski definition) is 4. The van der Waals surface area contributed by atoms with Crippen molar-refractivity contribution >= 4 is 17.3 Å². The molecule has 0 bridgehead atoms. The van der Waals surface area contributed by atoms with Crippen LogP contribution in [-0.2, 0) is 0 Å². The zero-order valence-corrected chi connectivity index (χ0v) is 16.0. The number of anilines is 1. The lowest BCUT2D eigenvalue weighted by atomic mass is 9.87. The predicted molar refractivity (Wildman–Crippen MR) is 111 cm³/mol. The van der Waals surface area contributed by atoms with Crippen LogP contribution in [-0.4, -0.2) is 24.7 Å². The molecule has 0 aliphatic heterocycles. The first kappa shape index (κ1) is 19.4. The Morgan fingerprint density at radius 2 is 1.25 bits per heavy atom. The van der Waals surface area contributed by atoms with Gasteiger partial charge in [-0.1, -0.05) is 67.6 Å². The Morgan fingerprint density at radius 3 is 1.75 bits per heavy atom. The summed E-state index contributed by atoms with van der Waals surface area (Å²) < 4.78 is 5.19. The Balaban J connectivity index is 1.91. The average Bonchev–Trinajstić information content (AvgIpc) is 2.77. The van der Waals surface area contributed by atoms with Gasteiger partial charge in [-0.15, -0.1) is 0 Å². The van der Waals surface area contributed by atoms with E-state index in [9.17, 15) is 9.59 Å². The van der Waals surface area contributed by atoms with Crippen LogP contribution in [0, 0.1) is 5.92 Å². The third kappa shape index (κ3) is 4.46. The second-order valence-corrected chi connectivity index (χ2v) is 6.60. The van der Waals surface area contributed by atoms with Crippen LogP contribution in [0.5, 0.6) is 5.75 Å². The maximum atomic E-state index is 13.2. The van der Waals surface area contributed by atoms with Gasteiger partial charge in [0.2, 0.25) is 0 Å². The highest BCUT2D eigenvalue weighted by Gasteiger charge is 2.31. The number of benzene rings is 3. The molecule has 0 aliphatic rings. The molecule has 1 N–H and O–H groups in total. The lowest BCUT2D eigenvalue weighted by Crippen LogP contribution is -2.39. The summed E-state index contributed by atoms with van der Waals surface area (Å²) in [5, 5.41) is 3.25. The minimum Gasteiger partial charge on any atom is -0.497 e. The molecule has 0 spiro atoms. The van der Waals surface area contributed by atoms with Gasteiger partial charge < -0.3 is 10.1 Å². The molecule has 0 saturated carbocycles. The number of hydrogen-bond donors (Lipinski definition) is 1. The summed E-state index contributed by atoms with van der Waals surface area (Å²) >= 11 is 0. The van der Waals surface area contributed by atoms with E-state index in [2.05, 4.69) is 5.32 Å². The molecule has 2 unspecified atom stereocenters. The molecule has 0 fully saturated rings. The van der Waals surface area contributed by atoms with Crippen LogP contribution in [0.25, 0.3) is 0 Å². The average molecular weight is 373 g/mol. The number of Topliss-reactive ketones (excluding diaryl/α,β-unsaturated/α-hetero) is 2. The molecular weight excluding hydrogens is 350 g/mol. The molecule has 0 heterocycles. The van der Waals surface area contributed by atoms with Gasteiger partial charge in [0, 0.05) is 22.7 Å². The van der Waals surface area contributed by atoms with Crippen LogP contribution < -0.4 is 10.1 Å². The van der Waals surface area contributed by atoms with Gasteiger partial charge in [-0.2, -0.15) is 0 Å². The van der Waals surface area contributed by atoms with Gasteiger partial charge in [0.05, 0.1) is 13.2 Å². The monoisotopic (exact) mass is 373 g/mol. The summed E-state index contributed by atoms with van der Waals surface area (Å²) in [5.74, 6) is -0.00815. The molecule has 142 valence electrons. The summed E-state index contributed by atoms with van der Waals surface area (Å²) in [6.45, 7) is 1.79. The Labute approximate surface area is 165 Å². The largest absolute Gasteiger partial charge is 0.497 e. The van der Waals surface area contributed by atoms with Crippen molar-refractivity contribution in [3.05, 3.63) is 96.1 Å². The quantitative estimate of drug-likeness (QED) is 0.572. The number of carbonyl (C=O) groups is 2. The Kier molecular flexibility index (Phi) is 6.22. The predicted octanol–water partition coefficient (Wildman–Crippen LogP) is 4.88. The van der Waals surface area contributed by atoms with E-state index in [0.717, 1.165) is 11.4 Å². The molecule has 2 atom stereocenters. The van der Waals surface area contributed by atoms with Crippen molar-refractivity contribution < 1.29 is 14.3 Å². The smallest absolute Gasteiger partial charge is 0.185 e. The van der Waals surface area contributed by atoms with E-state index in [1.165, 1.54) is 0 Å². The lowest BCUT2D eigenvalue weighted by Gasteiger charge is -2.24. The van der Waals surface area contributed by atoms with Crippen molar-refractivity contribution in [2.45, 2.75) is 13.0 Å². The molecule has 3 rings (SSSR count). The SMILES string of the molecule is COc1ccc(NC(C(=O)c2ccccc2)C(C)C(=O)c2ccccc2)cc1. The van der Waals surface area contributed by atoms with E-state index >= 15 is 0 Å². The fourth-order valence-corrected chi connectivity index (χ4v) is 3.08.